The number of carbonyl (C=O) groups excluding carboxylic acids is 2. The van der Waals surface area contributed by atoms with E-state index in [0.717, 1.165) is 7.89 Å². The smallest absolute Gasteiger partial charge is 0.308 e. The molecule has 0 N–H and O–H groups in total. The van der Waals surface area contributed by atoms with Crippen molar-refractivity contribution >= 4 is 42.7 Å². The molecule has 0 fully saturated rings. The summed E-state index contributed by atoms with van der Waals surface area (Å²) in [6.45, 7) is 10.6. The van der Waals surface area contributed by atoms with Gasteiger partial charge in [0.15, 0.2) is 14.1 Å². The van der Waals surface area contributed by atoms with Gasteiger partial charge in [0.25, 0.3) is 0 Å². The van der Waals surface area contributed by atoms with Crippen LogP contribution in [0.4, 0.5) is 0 Å². The SMILES string of the molecule is COC(=O)C[C@@H](CC(=O)/C=P\P)O[Si](C)(C)C(C)(C)C. The number of ether oxygens (including phenoxy) is 1. The highest BCUT2D eigenvalue weighted by atomic mass is 32.0. The van der Waals surface area contributed by atoms with Gasteiger partial charge in [-0.05, 0) is 18.1 Å². The molecule has 0 aromatic heterocycles. The Labute approximate surface area is 127 Å². The Morgan fingerprint density at radius 1 is 1.30 bits per heavy atom. The van der Waals surface area contributed by atoms with Crippen molar-refractivity contribution in [1.82, 2.24) is 0 Å². The van der Waals surface area contributed by atoms with Crippen LogP contribution in [0.25, 0.3) is 0 Å². The van der Waals surface area contributed by atoms with Crippen LogP contribution in [0.3, 0.4) is 0 Å². The molecule has 0 aliphatic rings. The van der Waals surface area contributed by atoms with E-state index < -0.39 is 14.4 Å². The molecule has 0 saturated heterocycles. The van der Waals surface area contributed by atoms with Gasteiger partial charge < -0.3 is 9.16 Å². The van der Waals surface area contributed by atoms with Crippen molar-refractivity contribution in [3.8, 4) is 0 Å². The lowest BCUT2D eigenvalue weighted by Gasteiger charge is -2.39. The van der Waals surface area contributed by atoms with E-state index in [0.29, 0.717) is 0 Å². The lowest BCUT2D eigenvalue weighted by atomic mass is 10.1. The van der Waals surface area contributed by atoms with Gasteiger partial charge in [-0.2, -0.15) is 0 Å². The monoisotopic (exact) mass is 336 g/mol. The number of ketones is 1. The molecule has 0 amide bonds. The topological polar surface area (TPSA) is 52.6 Å². The summed E-state index contributed by atoms with van der Waals surface area (Å²) < 4.78 is 10.9. The van der Waals surface area contributed by atoms with E-state index in [-0.39, 0.29) is 29.6 Å². The van der Waals surface area contributed by atoms with Gasteiger partial charge in [-0.3, -0.25) is 9.59 Å². The molecule has 20 heavy (non-hydrogen) atoms. The van der Waals surface area contributed by atoms with E-state index in [9.17, 15) is 9.59 Å². The van der Waals surface area contributed by atoms with Crippen LogP contribution in [-0.2, 0) is 18.8 Å². The zero-order chi connectivity index (χ0) is 16.0. The second-order valence-electron chi connectivity index (χ2n) is 6.23. The second kappa shape index (κ2) is 8.38. The molecule has 0 saturated carbocycles. The second-order valence-corrected chi connectivity index (χ2v) is 12.4. The van der Waals surface area contributed by atoms with Crippen molar-refractivity contribution in [2.75, 3.05) is 7.11 Å². The van der Waals surface area contributed by atoms with E-state index in [2.05, 4.69) is 42.8 Å². The van der Waals surface area contributed by atoms with Crippen molar-refractivity contribution in [2.45, 2.75) is 57.8 Å². The van der Waals surface area contributed by atoms with Gasteiger partial charge in [-0.1, -0.05) is 37.6 Å². The highest BCUT2D eigenvalue weighted by Gasteiger charge is 2.39. The van der Waals surface area contributed by atoms with E-state index in [1.807, 2.05) is 0 Å². The Morgan fingerprint density at radius 3 is 2.25 bits per heavy atom. The maximum absolute atomic E-state index is 11.8. The molecule has 0 aliphatic carbocycles. The number of rotatable bonds is 7. The molecule has 0 radical (unpaired) electrons. The summed E-state index contributed by atoms with van der Waals surface area (Å²) in [5.74, 6) is 1.23. The molecule has 116 valence electrons. The lowest BCUT2D eigenvalue weighted by Crippen LogP contribution is -2.45. The fourth-order valence-electron chi connectivity index (χ4n) is 1.38. The fraction of sp³-hybridized carbons (Fsp3) is 0.769. The van der Waals surface area contributed by atoms with Crippen molar-refractivity contribution in [2.24, 2.45) is 0 Å². The van der Waals surface area contributed by atoms with Crippen molar-refractivity contribution in [3.63, 3.8) is 0 Å². The summed E-state index contributed by atoms with van der Waals surface area (Å²) in [6.07, 6.45) is -0.0573. The average Bonchev–Trinajstić information content (AvgIpc) is 2.26. The van der Waals surface area contributed by atoms with Crippen LogP contribution < -0.4 is 0 Å². The molecular formula is C13H26O4P2Si. The van der Waals surface area contributed by atoms with Crippen molar-refractivity contribution < 1.29 is 18.8 Å². The molecule has 0 rings (SSSR count). The molecule has 0 heterocycles. The number of hydrogen-bond donors (Lipinski definition) is 0. The van der Waals surface area contributed by atoms with Gasteiger partial charge in [0.2, 0.25) is 0 Å². The van der Waals surface area contributed by atoms with Crippen LogP contribution in [0.5, 0.6) is 0 Å². The molecule has 0 aliphatic heterocycles. The maximum atomic E-state index is 11.8. The molecule has 0 aromatic carbocycles. The summed E-state index contributed by atoms with van der Waals surface area (Å²) in [5, 5.41) is 0.0347. The first-order valence-electron chi connectivity index (χ1n) is 6.54. The van der Waals surface area contributed by atoms with Crippen LogP contribution in [-0.4, -0.2) is 39.1 Å². The molecule has 2 atom stereocenters. The minimum Gasteiger partial charge on any atom is -0.469 e. The van der Waals surface area contributed by atoms with Gasteiger partial charge in [0.1, 0.15) is 0 Å². The predicted octanol–water partition coefficient (Wildman–Crippen LogP) is 3.44. The van der Waals surface area contributed by atoms with Crippen LogP contribution in [0.15, 0.2) is 0 Å². The molecule has 7 heteroatoms. The van der Waals surface area contributed by atoms with Crippen LogP contribution >= 0.6 is 16.8 Å². The summed E-state index contributed by atoms with van der Waals surface area (Å²) in [5.41, 5.74) is 0. The first-order chi connectivity index (χ1) is 9.03. The zero-order valence-electron chi connectivity index (χ0n) is 13.2. The third-order valence-corrected chi connectivity index (χ3v) is 8.96. The number of carbonyl (C=O) groups is 2. The van der Waals surface area contributed by atoms with E-state index in [1.54, 1.807) is 5.80 Å². The fourth-order valence-corrected chi connectivity index (χ4v) is 3.50. The molecule has 4 nitrogen and oxygen atoms in total. The molecule has 0 aromatic rings. The predicted molar refractivity (Wildman–Crippen MR) is 91.0 cm³/mol. The van der Waals surface area contributed by atoms with Gasteiger partial charge in [-0.15, -0.1) is 0 Å². The average molecular weight is 336 g/mol. The Bertz CT molecular complexity index is 375. The maximum Gasteiger partial charge on any atom is 0.308 e. The summed E-state index contributed by atoms with van der Waals surface area (Å²) >= 11 is 0. The Hall–Kier alpha value is -0.0831. The van der Waals surface area contributed by atoms with Gasteiger partial charge in [-0.25, -0.2) is 0 Å². The van der Waals surface area contributed by atoms with Gasteiger partial charge in [0.05, 0.1) is 19.6 Å². The van der Waals surface area contributed by atoms with E-state index >= 15 is 0 Å². The number of Topliss-reactive ketones (excluding diaryl/α,β-unsaturated/α-hetero) is 1. The highest BCUT2D eigenvalue weighted by molar-refractivity contribution is 8.02. The van der Waals surface area contributed by atoms with Crippen LogP contribution in [0.1, 0.15) is 33.6 Å². The van der Waals surface area contributed by atoms with Gasteiger partial charge in [0, 0.05) is 12.2 Å². The number of methoxy groups -OCH3 is 1. The van der Waals surface area contributed by atoms with Crippen LogP contribution in [0.2, 0.25) is 18.1 Å². The number of esters is 1. The summed E-state index contributed by atoms with van der Waals surface area (Å²) in [7, 11) is 2.63. The Balaban J connectivity index is 4.94. The summed E-state index contributed by atoms with van der Waals surface area (Å²) in [4.78, 5) is 23.2. The zero-order valence-corrected chi connectivity index (χ0v) is 16.3. The Morgan fingerprint density at radius 2 is 1.85 bits per heavy atom. The van der Waals surface area contributed by atoms with E-state index in [4.69, 9.17) is 9.16 Å². The summed E-state index contributed by atoms with van der Waals surface area (Å²) in [6, 6.07) is 0. The third-order valence-electron chi connectivity index (χ3n) is 3.54. The van der Waals surface area contributed by atoms with Gasteiger partial charge >= 0.3 is 5.97 Å². The standard InChI is InChI=1S/C13H26O4P2Si/c1-13(2,3)20(5,6)17-11(8-12(15)16-4)7-10(14)9-19-18/h9,11H,7-8,18H2,1-6H3/t11-/m1/s1. The Kier molecular flexibility index (Phi) is 8.35. The molecular weight excluding hydrogens is 310 g/mol. The first-order valence-corrected chi connectivity index (χ1v) is 12.0. The van der Waals surface area contributed by atoms with Crippen LogP contribution in [0, 0.1) is 0 Å². The minimum atomic E-state index is -2.02. The van der Waals surface area contributed by atoms with E-state index in [1.165, 1.54) is 7.11 Å². The molecule has 0 bridgehead atoms. The molecule has 1 unspecified atom stereocenters. The van der Waals surface area contributed by atoms with Crippen molar-refractivity contribution in [1.29, 1.82) is 0 Å². The lowest BCUT2D eigenvalue weighted by molar-refractivity contribution is -0.142. The molecule has 0 spiro atoms. The van der Waals surface area contributed by atoms with Crippen molar-refractivity contribution in [3.05, 3.63) is 0 Å². The normalized spacial score (nSPS) is 14.3. The minimum absolute atomic E-state index is 0.00530. The highest BCUT2D eigenvalue weighted by Crippen LogP contribution is 2.38. The first kappa shape index (κ1) is 19.9. The largest absolute Gasteiger partial charge is 0.469 e. The number of hydrogen-bond acceptors (Lipinski definition) is 4. The quantitative estimate of drug-likeness (QED) is 0.406. The third kappa shape index (κ3) is 7.08.